The number of para-hydroxylation sites is 1. The molecule has 0 amide bonds. The number of rotatable bonds is 3. The number of hydrogen-bond donors (Lipinski definition) is 1. The molecular weight excluding hydrogens is 362 g/mol. The van der Waals surface area contributed by atoms with E-state index >= 15 is 0 Å². The summed E-state index contributed by atoms with van der Waals surface area (Å²) in [6.45, 7) is 4.26. The molecule has 2 aromatic carbocycles. The predicted octanol–water partition coefficient (Wildman–Crippen LogP) is 4.29. The van der Waals surface area contributed by atoms with Crippen molar-refractivity contribution in [3.8, 4) is 5.75 Å². The van der Waals surface area contributed by atoms with Gasteiger partial charge in [0.2, 0.25) is 0 Å². The Morgan fingerprint density at radius 1 is 1.07 bits per heavy atom. The number of nitrogens with zero attached hydrogens (tertiary/aromatic N) is 1. The molecule has 136 valence electrons. The lowest BCUT2D eigenvalue weighted by Gasteiger charge is -2.12. The molecule has 0 aliphatic carbocycles. The number of fused-ring (bicyclic) bond motifs is 3. The van der Waals surface area contributed by atoms with Crippen molar-refractivity contribution in [1.82, 2.24) is 4.57 Å². The van der Waals surface area contributed by atoms with Crippen molar-refractivity contribution in [1.29, 1.82) is 0 Å². The smallest absolute Gasteiger partial charge is 0.354 e. The van der Waals surface area contributed by atoms with E-state index in [2.05, 4.69) is 0 Å². The van der Waals surface area contributed by atoms with Crippen LogP contribution in [-0.2, 0) is 6.54 Å². The fraction of sp³-hybridized carbons (Fsp3) is 0.143. The maximum atomic E-state index is 13.0. The molecule has 0 aliphatic heterocycles. The molecule has 4 rings (SSSR count). The van der Waals surface area contributed by atoms with Gasteiger partial charge < -0.3 is 14.1 Å². The van der Waals surface area contributed by atoms with Crippen LogP contribution in [0.2, 0.25) is 0 Å². The third-order valence-electron chi connectivity index (χ3n) is 4.51. The first-order valence-electron chi connectivity index (χ1n) is 8.57. The average Bonchev–Trinajstić information content (AvgIpc) is 2.66. The van der Waals surface area contributed by atoms with E-state index in [1.807, 2.05) is 44.2 Å². The minimum Gasteiger partial charge on any atom is -0.505 e. The van der Waals surface area contributed by atoms with Crippen LogP contribution < -0.4 is 11.2 Å². The van der Waals surface area contributed by atoms with E-state index in [-0.39, 0.29) is 27.2 Å². The zero-order chi connectivity index (χ0) is 19.1. The summed E-state index contributed by atoms with van der Waals surface area (Å²) in [6, 6.07) is 14.7. The van der Waals surface area contributed by atoms with Crippen LogP contribution in [-0.4, -0.2) is 9.67 Å². The van der Waals surface area contributed by atoms with Crippen molar-refractivity contribution < 1.29 is 9.52 Å². The molecule has 0 saturated heterocycles. The second-order valence-corrected chi connectivity index (χ2v) is 7.34. The molecule has 5 nitrogen and oxygen atoms in total. The second kappa shape index (κ2) is 6.63. The van der Waals surface area contributed by atoms with E-state index in [0.29, 0.717) is 17.4 Å². The van der Waals surface area contributed by atoms with Gasteiger partial charge in [-0.2, -0.15) is 0 Å². The lowest BCUT2D eigenvalue weighted by Crippen LogP contribution is -2.21. The molecule has 0 radical (unpaired) electrons. The van der Waals surface area contributed by atoms with Crippen LogP contribution in [0.25, 0.3) is 21.9 Å². The standard InChI is InChI=1S/C21H17NO4S/c1-3-22-15-7-5-4-6-14(15)18-16(20(22)24)17(23)19(21(25)26-18)27-13-10-8-12(2)9-11-13/h4-11,23H,3H2,1-2H3. The molecule has 27 heavy (non-hydrogen) atoms. The highest BCUT2D eigenvalue weighted by Crippen LogP contribution is 2.37. The molecule has 0 unspecified atom stereocenters. The Bertz CT molecular complexity index is 1290. The Balaban J connectivity index is 2.05. The summed E-state index contributed by atoms with van der Waals surface area (Å²) >= 11 is 1.09. The maximum Gasteiger partial charge on any atom is 0.354 e. The van der Waals surface area contributed by atoms with Crippen LogP contribution in [0.4, 0.5) is 0 Å². The van der Waals surface area contributed by atoms with Crippen molar-refractivity contribution in [2.24, 2.45) is 0 Å². The van der Waals surface area contributed by atoms with Gasteiger partial charge in [0, 0.05) is 16.8 Å². The Hall–Kier alpha value is -2.99. The van der Waals surface area contributed by atoms with E-state index in [1.54, 1.807) is 22.8 Å². The van der Waals surface area contributed by atoms with Crippen LogP contribution in [0.5, 0.6) is 5.75 Å². The lowest BCUT2D eigenvalue weighted by atomic mass is 10.1. The second-order valence-electron chi connectivity index (χ2n) is 6.25. The minimum atomic E-state index is -0.663. The first-order chi connectivity index (χ1) is 13.0. The molecule has 0 atom stereocenters. The van der Waals surface area contributed by atoms with E-state index in [9.17, 15) is 14.7 Å². The molecule has 4 aromatic rings. The summed E-state index contributed by atoms with van der Waals surface area (Å²) in [4.78, 5) is 26.4. The molecule has 6 heteroatoms. The van der Waals surface area contributed by atoms with Crippen molar-refractivity contribution in [3.63, 3.8) is 0 Å². The van der Waals surface area contributed by atoms with Crippen molar-refractivity contribution in [2.75, 3.05) is 0 Å². The highest BCUT2D eigenvalue weighted by atomic mass is 32.2. The van der Waals surface area contributed by atoms with Gasteiger partial charge in [0.25, 0.3) is 5.56 Å². The summed E-state index contributed by atoms with van der Waals surface area (Å²) in [5, 5.41) is 11.5. The van der Waals surface area contributed by atoms with E-state index in [0.717, 1.165) is 22.2 Å². The summed E-state index contributed by atoms with van der Waals surface area (Å²) < 4.78 is 7.08. The number of aromatic hydroxyl groups is 1. The Labute approximate surface area is 158 Å². The maximum absolute atomic E-state index is 13.0. The van der Waals surface area contributed by atoms with E-state index in [1.165, 1.54) is 0 Å². The zero-order valence-electron chi connectivity index (χ0n) is 14.9. The summed E-state index contributed by atoms with van der Waals surface area (Å²) in [7, 11) is 0. The summed E-state index contributed by atoms with van der Waals surface area (Å²) in [5.41, 5.74) is 0.837. The van der Waals surface area contributed by atoms with Gasteiger partial charge in [-0.05, 0) is 38.1 Å². The minimum absolute atomic E-state index is 0.0152. The van der Waals surface area contributed by atoms with E-state index in [4.69, 9.17) is 4.42 Å². The first kappa shape index (κ1) is 17.4. The summed E-state index contributed by atoms with van der Waals surface area (Å²) in [5.74, 6) is -0.329. The van der Waals surface area contributed by atoms with Crippen LogP contribution in [0.3, 0.4) is 0 Å². The SMILES string of the molecule is CCn1c(=O)c2c(O)c(Sc3ccc(C)cc3)c(=O)oc2c2ccccc21. The van der Waals surface area contributed by atoms with Crippen molar-refractivity contribution in [2.45, 2.75) is 30.2 Å². The fourth-order valence-electron chi connectivity index (χ4n) is 3.17. The number of aryl methyl sites for hydroxylation is 2. The first-order valence-corrected chi connectivity index (χ1v) is 9.38. The van der Waals surface area contributed by atoms with Gasteiger partial charge in [-0.15, -0.1) is 0 Å². The van der Waals surface area contributed by atoms with Gasteiger partial charge >= 0.3 is 5.63 Å². The highest BCUT2D eigenvalue weighted by Gasteiger charge is 2.21. The molecule has 0 fully saturated rings. The summed E-state index contributed by atoms with van der Waals surface area (Å²) in [6.07, 6.45) is 0. The Kier molecular flexibility index (Phi) is 4.28. The Morgan fingerprint density at radius 3 is 2.48 bits per heavy atom. The van der Waals surface area contributed by atoms with Crippen LogP contribution in [0, 0.1) is 6.92 Å². The van der Waals surface area contributed by atoms with Crippen LogP contribution in [0.1, 0.15) is 12.5 Å². The van der Waals surface area contributed by atoms with Gasteiger partial charge in [-0.25, -0.2) is 4.79 Å². The van der Waals surface area contributed by atoms with Gasteiger partial charge in [-0.1, -0.05) is 41.6 Å². The Morgan fingerprint density at radius 2 is 1.78 bits per heavy atom. The molecule has 0 saturated carbocycles. The molecule has 2 heterocycles. The molecule has 0 spiro atoms. The van der Waals surface area contributed by atoms with Gasteiger partial charge in [0.05, 0.1) is 5.52 Å². The monoisotopic (exact) mass is 379 g/mol. The molecule has 0 aliphatic rings. The zero-order valence-corrected chi connectivity index (χ0v) is 15.7. The quantitative estimate of drug-likeness (QED) is 0.538. The third kappa shape index (κ3) is 2.82. The van der Waals surface area contributed by atoms with Gasteiger partial charge in [0.15, 0.2) is 11.3 Å². The van der Waals surface area contributed by atoms with Crippen molar-refractivity contribution >= 4 is 33.6 Å². The molecule has 0 bridgehead atoms. The topological polar surface area (TPSA) is 72.4 Å². The van der Waals surface area contributed by atoms with Crippen LogP contribution >= 0.6 is 11.8 Å². The van der Waals surface area contributed by atoms with Gasteiger partial charge in [0.1, 0.15) is 10.3 Å². The van der Waals surface area contributed by atoms with Gasteiger partial charge in [-0.3, -0.25) is 4.79 Å². The number of aromatic nitrogens is 1. The van der Waals surface area contributed by atoms with E-state index < -0.39 is 5.63 Å². The third-order valence-corrected chi connectivity index (χ3v) is 5.59. The number of benzene rings is 2. The normalized spacial score (nSPS) is 11.3. The van der Waals surface area contributed by atoms with Crippen LogP contribution in [0.15, 0.2) is 72.3 Å². The highest BCUT2D eigenvalue weighted by molar-refractivity contribution is 7.99. The number of hydrogen-bond acceptors (Lipinski definition) is 5. The lowest BCUT2D eigenvalue weighted by molar-refractivity contribution is 0.446. The molecule has 2 aromatic heterocycles. The molecule has 1 N–H and O–H groups in total. The average molecular weight is 379 g/mol. The largest absolute Gasteiger partial charge is 0.505 e. The predicted molar refractivity (Wildman–Crippen MR) is 107 cm³/mol. The fourth-order valence-corrected chi connectivity index (χ4v) is 4.00. The molecular formula is C21H17NO4S. The number of pyridine rings is 1. The van der Waals surface area contributed by atoms with Crippen molar-refractivity contribution in [3.05, 3.63) is 74.9 Å².